The minimum atomic E-state index is -2.13. The Morgan fingerprint density at radius 3 is 0.596 bits per heavy atom. The van der Waals surface area contributed by atoms with Gasteiger partial charge in [-0.15, -0.1) is 0 Å². The molecule has 0 saturated carbocycles. The molecule has 7 amide bonds. The van der Waals surface area contributed by atoms with Crippen LogP contribution in [0.5, 0.6) is 0 Å². The molecule has 0 bridgehead atoms. The summed E-state index contributed by atoms with van der Waals surface area (Å²) in [7, 11) is 0. The molecule has 7 heterocycles. The first-order valence-corrected chi connectivity index (χ1v) is 31.6. The molecule has 0 aromatic carbocycles. The van der Waals surface area contributed by atoms with Crippen molar-refractivity contribution in [2.45, 2.75) is 263 Å². The second-order valence-corrected chi connectivity index (χ2v) is 24.7. The third kappa shape index (κ3) is 19.1. The topological polar surface area (TPSA) is 647 Å². The lowest BCUT2D eigenvalue weighted by molar-refractivity contribution is -0.372. The third-order valence-electron chi connectivity index (χ3n) is 17.4. The van der Waals surface area contributed by atoms with Gasteiger partial charge in [-0.25, -0.2) is 0 Å². The molecule has 99 heavy (non-hydrogen) atoms. The lowest BCUT2D eigenvalue weighted by Crippen LogP contribution is -2.72. The van der Waals surface area contributed by atoms with Gasteiger partial charge in [-0.3, -0.25) is 33.6 Å². The summed E-state index contributed by atoms with van der Waals surface area (Å²) in [6.45, 7) is 0.0849. The van der Waals surface area contributed by atoms with Crippen LogP contribution in [0.2, 0.25) is 0 Å². The Balaban J connectivity index is 1.10. The van der Waals surface area contributed by atoms with E-state index in [1.807, 2.05) is 0 Å². The van der Waals surface area contributed by atoms with Crippen LogP contribution in [0.15, 0.2) is 0 Å². The summed E-state index contributed by atoms with van der Waals surface area (Å²) in [6.07, 6.45) is -52.0. The largest absolute Gasteiger partial charge is 0.394 e. The first-order valence-electron chi connectivity index (χ1n) is 31.6. The molecule has 7 rings (SSSR count). The lowest BCUT2D eigenvalue weighted by Gasteiger charge is -2.52. The fraction of sp³-hybridized carbons (Fsp3) is 0.875. The summed E-state index contributed by atoms with van der Waals surface area (Å²) >= 11 is 0. The van der Waals surface area contributed by atoms with Gasteiger partial charge in [0.25, 0.3) is 0 Å². The van der Waals surface area contributed by atoms with E-state index < -0.39 is 302 Å². The Bertz CT molecular complexity index is 2690. The minimum absolute atomic E-state index is 0.718. The quantitative estimate of drug-likeness (QED) is 0.0382. The smallest absolute Gasteiger partial charge is 0.217 e. The number of hydrogen-bond donors (Lipinski definition) is 23. The first-order chi connectivity index (χ1) is 46.7. The van der Waals surface area contributed by atoms with Gasteiger partial charge in [-0.1, -0.05) is 0 Å². The fourth-order valence-electron chi connectivity index (χ4n) is 12.9. The van der Waals surface area contributed by atoms with Crippen molar-refractivity contribution < 1.29 is 177 Å². The highest BCUT2D eigenvalue weighted by Gasteiger charge is 2.60. The van der Waals surface area contributed by atoms with E-state index in [1.54, 1.807) is 0 Å². The predicted molar refractivity (Wildman–Crippen MR) is 313 cm³/mol. The summed E-state index contributed by atoms with van der Waals surface area (Å²) < 4.78 is 77.9. The van der Waals surface area contributed by atoms with Gasteiger partial charge in [0, 0.05) is 48.5 Å². The fourth-order valence-corrected chi connectivity index (χ4v) is 12.9. The van der Waals surface area contributed by atoms with Crippen LogP contribution in [0.25, 0.3) is 0 Å². The summed E-state index contributed by atoms with van der Waals surface area (Å²) in [5, 5.41) is 194. The van der Waals surface area contributed by atoms with Gasteiger partial charge in [0.15, 0.2) is 44.0 Å². The van der Waals surface area contributed by atoms with Crippen LogP contribution >= 0.6 is 0 Å². The highest BCUT2D eigenvalue weighted by Crippen LogP contribution is 2.38. The van der Waals surface area contributed by atoms with Crippen LogP contribution in [0.3, 0.4) is 0 Å². The van der Waals surface area contributed by atoms with Crippen LogP contribution in [0, 0.1) is 0 Å². The molecule has 0 aromatic heterocycles. The van der Waals surface area contributed by atoms with Crippen molar-refractivity contribution in [3.05, 3.63) is 0 Å². The Hall–Kier alpha value is -4.87. The van der Waals surface area contributed by atoms with Crippen molar-refractivity contribution >= 4 is 41.4 Å². The maximum Gasteiger partial charge on any atom is 0.217 e. The zero-order valence-electron chi connectivity index (χ0n) is 54.5. The van der Waals surface area contributed by atoms with Gasteiger partial charge in [-0.2, -0.15) is 0 Å². The number of nitrogens with one attached hydrogen (secondary N) is 7. The van der Waals surface area contributed by atoms with Crippen LogP contribution in [-0.2, 0) is 95.1 Å². The second-order valence-electron chi connectivity index (χ2n) is 24.7. The van der Waals surface area contributed by atoms with E-state index in [0.29, 0.717) is 0 Å². The number of amides is 7. The van der Waals surface area contributed by atoms with E-state index in [1.165, 1.54) is 0 Å². The molecule has 0 aliphatic carbocycles. The molecule has 7 aliphatic rings. The zero-order chi connectivity index (χ0) is 73.3. The van der Waals surface area contributed by atoms with E-state index in [0.717, 1.165) is 48.5 Å². The van der Waals surface area contributed by atoms with Crippen LogP contribution in [0.1, 0.15) is 48.5 Å². The molecule has 7 saturated heterocycles. The molecule has 0 radical (unpaired) electrons. The highest BCUT2D eigenvalue weighted by atomic mass is 16.8. The summed E-state index contributed by atoms with van der Waals surface area (Å²) in [5.74, 6) is -5.75. The van der Waals surface area contributed by atoms with Crippen molar-refractivity contribution in [3.8, 4) is 0 Å². The van der Waals surface area contributed by atoms with Crippen LogP contribution in [-0.4, -0.2) is 384 Å². The number of aliphatic hydroxyl groups is 16. The molecule has 43 nitrogen and oxygen atoms in total. The van der Waals surface area contributed by atoms with E-state index in [-0.39, 0.29) is 0 Å². The first kappa shape index (κ1) is 81.4. The van der Waals surface area contributed by atoms with Crippen molar-refractivity contribution in [1.82, 2.24) is 37.2 Å². The standard InChI is InChI=1S/C56H93N7O36/c1-15(71)57-29-38(80)44(23(9-65)87-50(29)86)94-52-31(59-17(3)73)40(82)46(25(11-67)89-52)96-54-33(61-19(5)75)42(84)48(27(13-69)91-54)98-56-35(63-21(7)77)43(85)49(28(14-70)93-56)99-55-34(62-20(6)76)41(83)47(26(12-68)92-55)97-53-32(60-18(4)74)39(81)45(24(10-66)90-53)95-51-30(58-16(2)72)37(79)36(78)22(8-64)88-51/h22-56,64-70,78-86H,8-14H2,1-7H3,(H,57,71)(H,58,72)(H,59,73)(H,60,74)(H,61,75)(H,62,76)(H,63,77). The molecule has 568 valence electrons. The molecule has 23 N–H and O–H groups in total. The van der Waals surface area contributed by atoms with E-state index in [4.69, 9.17) is 61.6 Å². The molecule has 35 atom stereocenters. The van der Waals surface area contributed by atoms with Gasteiger partial charge in [0.2, 0.25) is 41.4 Å². The zero-order valence-corrected chi connectivity index (χ0v) is 54.5. The average Bonchev–Trinajstić information content (AvgIpc) is 0.770. The molecule has 43 heteroatoms. The summed E-state index contributed by atoms with van der Waals surface area (Å²) in [5.41, 5.74) is 0. The van der Waals surface area contributed by atoms with Crippen molar-refractivity contribution in [3.63, 3.8) is 0 Å². The predicted octanol–water partition coefficient (Wildman–Crippen LogP) is -15.3. The van der Waals surface area contributed by atoms with Gasteiger partial charge in [0.05, 0.1) is 46.2 Å². The third-order valence-corrected chi connectivity index (χ3v) is 17.4. The minimum Gasteiger partial charge on any atom is -0.394 e. The number of ether oxygens (including phenoxy) is 13. The van der Waals surface area contributed by atoms with Gasteiger partial charge < -0.3 is 181 Å². The van der Waals surface area contributed by atoms with Crippen molar-refractivity contribution in [2.75, 3.05) is 46.2 Å². The Kier molecular flexibility index (Phi) is 29.6. The summed E-state index contributed by atoms with van der Waals surface area (Å²) in [4.78, 5) is 88.3. The maximum absolute atomic E-state index is 13.0. The molecular formula is C56H93N7O36. The van der Waals surface area contributed by atoms with Crippen LogP contribution in [0.4, 0.5) is 0 Å². The Morgan fingerprint density at radius 2 is 0.404 bits per heavy atom. The lowest BCUT2D eigenvalue weighted by atomic mass is 9.92. The molecule has 7 fully saturated rings. The van der Waals surface area contributed by atoms with Crippen molar-refractivity contribution in [2.24, 2.45) is 0 Å². The normalized spacial score (nSPS) is 44.1. The number of carbonyl (C=O) groups excluding carboxylic acids is 7. The number of aliphatic hydroxyl groups excluding tert-OH is 16. The summed E-state index contributed by atoms with van der Waals surface area (Å²) in [6, 6.07) is -12.1. The number of rotatable bonds is 26. The van der Waals surface area contributed by atoms with Gasteiger partial charge >= 0.3 is 0 Å². The van der Waals surface area contributed by atoms with Crippen molar-refractivity contribution in [1.29, 1.82) is 0 Å². The maximum atomic E-state index is 13.0. The van der Waals surface area contributed by atoms with Gasteiger partial charge in [0.1, 0.15) is 170 Å². The Labute approximate surface area is 563 Å². The average molecular weight is 1440 g/mol. The molecular weight excluding hydrogens is 1350 g/mol. The number of carbonyl (C=O) groups is 7. The molecule has 0 aromatic rings. The number of hydrogen-bond acceptors (Lipinski definition) is 36. The molecule has 7 aliphatic heterocycles. The van der Waals surface area contributed by atoms with E-state index in [2.05, 4.69) is 37.2 Å². The SMILES string of the molecule is CC(=O)NC1C(O)OC(CO)C(OC2OC(CO)C(OC3OC(CO)C(OC4OC(CO)C(OC5OC(CO)C(OC6OC(CO)C(OC7OC(CO)C(O)C(O)C7NC(C)=O)C(O)C6NC(C)=O)C(O)C5NC(C)=O)C(O)C4NC(C)=O)C(O)C3NC(C)=O)C(O)C2NC(C)=O)C1O. The molecule has 35 unspecified atom stereocenters. The Morgan fingerprint density at radius 1 is 0.242 bits per heavy atom. The van der Waals surface area contributed by atoms with Gasteiger partial charge in [-0.05, 0) is 0 Å². The highest BCUT2D eigenvalue weighted by molar-refractivity contribution is 5.75. The monoisotopic (exact) mass is 1440 g/mol. The molecule has 0 spiro atoms. The van der Waals surface area contributed by atoms with E-state index >= 15 is 0 Å². The second kappa shape index (κ2) is 36.0. The van der Waals surface area contributed by atoms with Crippen LogP contribution < -0.4 is 37.2 Å². The van der Waals surface area contributed by atoms with E-state index in [9.17, 15) is 115 Å².